The highest BCUT2D eigenvalue weighted by molar-refractivity contribution is 5.58. The molecule has 1 unspecified atom stereocenters. The Morgan fingerprint density at radius 1 is 1.50 bits per heavy atom. The molecule has 2 atom stereocenters. The molecule has 0 aromatic heterocycles. The first kappa shape index (κ1) is 9.68. The molecule has 1 saturated heterocycles. The van der Waals surface area contributed by atoms with Gasteiger partial charge < -0.3 is 14.8 Å². The number of rotatable bonds is 2. The number of hydrogen-bond acceptors (Lipinski definition) is 3. The molecule has 0 aliphatic carbocycles. The number of nitrogens with one attached hydrogen (secondary N) is 1. The quantitative estimate of drug-likeness (QED) is 0.622. The Kier molecular flexibility index (Phi) is 2.85. The van der Waals surface area contributed by atoms with Crippen LogP contribution >= 0.6 is 0 Å². The van der Waals surface area contributed by atoms with E-state index >= 15 is 0 Å². The molecule has 1 aliphatic rings. The highest BCUT2D eigenvalue weighted by atomic mass is 16.5. The van der Waals surface area contributed by atoms with Crippen LogP contribution in [0.4, 0.5) is 0 Å². The van der Waals surface area contributed by atoms with Crippen LogP contribution in [-0.4, -0.2) is 30.6 Å². The molecule has 0 amide bonds. The molecule has 0 radical (unpaired) electrons. The standard InChI is InChI=1S/C9H17NO2/c1-9(2,3)12-8-4-7(6-11)10-5-8/h6-8,10H,4-5H2,1-3H3/t7-,8?/m0/s1. The predicted octanol–water partition coefficient (Wildman–Crippen LogP) is 0.731. The lowest BCUT2D eigenvalue weighted by atomic mass is 10.1. The number of ether oxygens (including phenoxy) is 1. The summed E-state index contributed by atoms with van der Waals surface area (Å²) in [6.07, 6.45) is 1.95. The Morgan fingerprint density at radius 3 is 2.58 bits per heavy atom. The average molecular weight is 171 g/mol. The molecule has 3 nitrogen and oxygen atoms in total. The first-order chi connectivity index (χ1) is 5.51. The van der Waals surface area contributed by atoms with Gasteiger partial charge in [-0.25, -0.2) is 0 Å². The van der Waals surface area contributed by atoms with Crippen molar-refractivity contribution in [3.8, 4) is 0 Å². The van der Waals surface area contributed by atoms with Gasteiger partial charge in [0.1, 0.15) is 6.29 Å². The van der Waals surface area contributed by atoms with Gasteiger partial charge in [0.05, 0.1) is 17.7 Å². The molecule has 12 heavy (non-hydrogen) atoms. The van der Waals surface area contributed by atoms with Gasteiger partial charge in [-0.05, 0) is 27.2 Å². The topological polar surface area (TPSA) is 38.3 Å². The molecule has 0 aromatic rings. The number of carbonyl (C=O) groups excluding carboxylic acids is 1. The molecule has 0 saturated carbocycles. The summed E-state index contributed by atoms with van der Waals surface area (Å²) in [5, 5.41) is 3.09. The highest BCUT2D eigenvalue weighted by Crippen LogP contribution is 2.16. The van der Waals surface area contributed by atoms with Gasteiger partial charge >= 0.3 is 0 Å². The van der Waals surface area contributed by atoms with Crippen molar-refractivity contribution in [1.82, 2.24) is 5.32 Å². The van der Waals surface area contributed by atoms with E-state index in [0.29, 0.717) is 0 Å². The van der Waals surface area contributed by atoms with E-state index in [9.17, 15) is 4.79 Å². The van der Waals surface area contributed by atoms with Gasteiger partial charge in [-0.1, -0.05) is 0 Å². The maximum Gasteiger partial charge on any atom is 0.136 e. The van der Waals surface area contributed by atoms with Crippen LogP contribution in [0.15, 0.2) is 0 Å². The van der Waals surface area contributed by atoms with Crippen LogP contribution in [0.25, 0.3) is 0 Å². The Morgan fingerprint density at radius 2 is 2.17 bits per heavy atom. The fourth-order valence-electron chi connectivity index (χ4n) is 1.43. The lowest BCUT2D eigenvalue weighted by molar-refractivity contribution is -0.109. The summed E-state index contributed by atoms with van der Waals surface area (Å²) in [5.41, 5.74) is -0.107. The van der Waals surface area contributed by atoms with Crippen molar-refractivity contribution in [3.63, 3.8) is 0 Å². The van der Waals surface area contributed by atoms with E-state index in [-0.39, 0.29) is 17.7 Å². The fourth-order valence-corrected chi connectivity index (χ4v) is 1.43. The van der Waals surface area contributed by atoms with Gasteiger partial charge in [-0.3, -0.25) is 0 Å². The molecular weight excluding hydrogens is 154 g/mol. The maximum absolute atomic E-state index is 10.4. The van der Waals surface area contributed by atoms with Crippen LogP contribution in [0.5, 0.6) is 0 Å². The van der Waals surface area contributed by atoms with Crippen molar-refractivity contribution in [1.29, 1.82) is 0 Å². The van der Waals surface area contributed by atoms with Crippen molar-refractivity contribution in [3.05, 3.63) is 0 Å². The Hall–Kier alpha value is -0.410. The Labute approximate surface area is 73.5 Å². The average Bonchev–Trinajstić information content (AvgIpc) is 2.32. The molecule has 1 heterocycles. The third-order valence-electron chi connectivity index (χ3n) is 1.81. The van der Waals surface area contributed by atoms with E-state index in [1.807, 2.05) is 20.8 Å². The molecule has 0 bridgehead atoms. The van der Waals surface area contributed by atoms with E-state index in [2.05, 4.69) is 5.32 Å². The predicted molar refractivity (Wildman–Crippen MR) is 47.1 cm³/mol. The molecule has 70 valence electrons. The van der Waals surface area contributed by atoms with E-state index in [1.54, 1.807) is 0 Å². The van der Waals surface area contributed by atoms with E-state index < -0.39 is 0 Å². The van der Waals surface area contributed by atoms with E-state index in [1.165, 1.54) is 0 Å². The summed E-state index contributed by atoms with van der Waals surface area (Å²) in [4.78, 5) is 10.4. The number of hydrogen-bond donors (Lipinski definition) is 1. The van der Waals surface area contributed by atoms with Crippen molar-refractivity contribution < 1.29 is 9.53 Å². The third kappa shape index (κ3) is 2.91. The fraction of sp³-hybridized carbons (Fsp3) is 0.889. The van der Waals surface area contributed by atoms with Crippen LogP contribution in [0.1, 0.15) is 27.2 Å². The second-order valence-electron chi connectivity index (χ2n) is 4.24. The number of aldehydes is 1. The summed E-state index contributed by atoms with van der Waals surface area (Å²) in [7, 11) is 0. The first-order valence-corrected chi connectivity index (χ1v) is 4.38. The smallest absolute Gasteiger partial charge is 0.136 e. The second-order valence-corrected chi connectivity index (χ2v) is 4.24. The highest BCUT2D eigenvalue weighted by Gasteiger charge is 2.27. The molecule has 3 heteroatoms. The zero-order valence-electron chi connectivity index (χ0n) is 7.96. The Bertz CT molecular complexity index is 162. The molecule has 1 N–H and O–H groups in total. The summed E-state index contributed by atoms with van der Waals surface area (Å²) in [6, 6.07) is -0.00245. The summed E-state index contributed by atoms with van der Waals surface area (Å²) >= 11 is 0. The van der Waals surface area contributed by atoms with Gasteiger partial charge in [-0.15, -0.1) is 0 Å². The second kappa shape index (κ2) is 3.54. The summed E-state index contributed by atoms with van der Waals surface area (Å²) in [5.74, 6) is 0. The van der Waals surface area contributed by atoms with Crippen LogP contribution < -0.4 is 5.32 Å². The minimum Gasteiger partial charge on any atom is -0.371 e. The monoisotopic (exact) mass is 171 g/mol. The van der Waals surface area contributed by atoms with Crippen LogP contribution in [0, 0.1) is 0 Å². The summed E-state index contributed by atoms with van der Waals surface area (Å²) < 4.78 is 5.71. The minimum absolute atomic E-state index is 0.00245. The zero-order valence-corrected chi connectivity index (χ0v) is 7.96. The van der Waals surface area contributed by atoms with Crippen molar-refractivity contribution in [2.24, 2.45) is 0 Å². The first-order valence-electron chi connectivity index (χ1n) is 4.38. The maximum atomic E-state index is 10.4. The zero-order chi connectivity index (χ0) is 9.19. The SMILES string of the molecule is CC(C)(C)OC1CN[C@H](C=O)C1. The van der Waals surface area contributed by atoms with Gasteiger partial charge in [0.15, 0.2) is 0 Å². The molecular formula is C9H17NO2. The molecule has 0 spiro atoms. The lowest BCUT2D eigenvalue weighted by Gasteiger charge is -2.24. The summed E-state index contributed by atoms with van der Waals surface area (Å²) in [6.45, 7) is 6.88. The van der Waals surface area contributed by atoms with Gasteiger partial charge in [0, 0.05) is 6.54 Å². The lowest BCUT2D eigenvalue weighted by Crippen LogP contribution is -2.28. The minimum atomic E-state index is -0.107. The van der Waals surface area contributed by atoms with E-state index in [0.717, 1.165) is 19.3 Å². The van der Waals surface area contributed by atoms with Crippen LogP contribution in [0.2, 0.25) is 0 Å². The van der Waals surface area contributed by atoms with Gasteiger partial charge in [-0.2, -0.15) is 0 Å². The largest absolute Gasteiger partial charge is 0.371 e. The van der Waals surface area contributed by atoms with Crippen molar-refractivity contribution >= 4 is 6.29 Å². The molecule has 1 aliphatic heterocycles. The van der Waals surface area contributed by atoms with Crippen molar-refractivity contribution in [2.45, 2.75) is 44.9 Å². The molecule has 1 fully saturated rings. The number of carbonyl (C=O) groups is 1. The Balaban J connectivity index is 2.33. The molecule has 1 rings (SSSR count). The van der Waals surface area contributed by atoms with Crippen LogP contribution in [-0.2, 0) is 9.53 Å². The third-order valence-corrected chi connectivity index (χ3v) is 1.81. The van der Waals surface area contributed by atoms with Gasteiger partial charge in [0.2, 0.25) is 0 Å². The molecule has 0 aromatic carbocycles. The van der Waals surface area contributed by atoms with Gasteiger partial charge in [0.25, 0.3) is 0 Å². The van der Waals surface area contributed by atoms with E-state index in [4.69, 9.17) is 4.74 Å². The van der Waals surface area contributed by atoms with Crippen LogP contribution in [0.3, 0.4) is 0 Å². The van der Waals surface area contributed by atoms with Crippen molar-refractivity contribution in [2.75, 3.05) is 6.54 Å². The normalized spacial score (nSPS) is 30.6.